The molecule has 0 unspecified atom stereocenters. The predicted molar refractivity (Wildman–Crippen MR) is 56.2 cm³/mol. The molecule has 0 saturated heterocycles. The first-order valence-corrected chi connectivity index (χ1v) is 4.82. The Morgan fingerprint density at radius 1 is 1.25 bits per heavy atom. The van der Waals surface area contributed by atoms with Gasteiger partial charge in [-0.15, -0.1) is 0 Å². The maximum Gasteiger partial charge on any atom is 0.175 e. The van der Waals surface area contributed by atoms with Crippen LogP contribution in [0, 0.1) is 4.77 Å². The van der Waals surface area contributed by atoms with Gasteiger partial charge in [-0.3, -0.25) is 0 Å². The van der Waals surface area contributed by atoms with E-state index in [1.165, 1.54) is 0 Å². The topological polar surface area (TPSA) is 31.6 Å². The van der Waals surface area contributed by atoms with Crippen LogP contribution in [0.1, 0.15) is 0 Å². The summed E-state index contributed by atoms with van der Waals surface area (Å²) in [6, 6.07) is 3.72. The number of benzene rings is 1. The Kier molecular flexibility index (Phi) is 1.98. The zero-order valence-corrected chi connectivity index (χ0v) is 8.98. The Morgan fingerprint density at radius 3 is 2.50 bits per heavy atom. The summed E-state index contributed by atoms with van der Waals surface area (Å²) in [5, 5.41) is 0.674. The summed E-state index contributed by atoms with van der Waals surface area (Å²) in [6.07, 6.45) is 0. The van der Waals surface area contributed by atoms with E-state index >= 15 is 0 Å². The minimum Gasteiger partial charge on any atom is -0.331 e. The molecule has 0 atom stereocenters. The van der Waals surface area contributed by atoms with Crippen molar-refractivity contribution in [3.63, 3.8) is 0 Å². The quantitative estimate of drug-likeness (QED) is 0.699. The van der Waals surface area contributed by atoms with Gasteiger partial charge in [0.1, 0.15) is 0 Å². The summed E-state index contributed by atoms with van der Waals surface area (Å²) < 4.78 is 1.47. The molecule has 0 spiro atoms. The monoisotopic (exact) mass is 262 g/mol. The van der Waals surface area contributed by atoms with Gasteiger partial charge in [0.05, 0.1) is 16.1 Å². The number of hydrogen-bond acceptors (Lipinski definition) is 1. The zero-order valence-electron chi connectivity index (χ0n) is 5.82. The van der Waals surface area contributed by atoms with Crippen molar-refractivity contribution in [3.8, 4) is 0 Å². The summed E-state index contributed by atoms with van der Waals surface area (Å²) in [4.78, 5) is 5.98. The molecule has 0 saturated carbocycles. The molecule has 2 rings (SSSR count). The first-order valence-electron chi connectivity index (χ1n) is 3.24. The lowest BCUT2D eigenvalue weighted by Crippen LogP contribution is -1.71. The SMILES string of the molecule is S=c1[nH]c2cc(Cl)c(Br)cc2[nH]1. The highest BCUT2D eigenvalue weighted by Crippen LogP contribution is 2.26. The van der Waals surface area contributed by atoms with Crippen LogP contribution in [0.2, 0.25) is 5.02 Å². The van der Waals surface area contributed by atoms with E-state index in [0.717, 1.165) is 15.5 Å². The molecule has 0 bridgehead atoms. The maximum atomic E-state index is 5.88. The van der Waals surface area contributed by atoms with Crippen molar-refractivity contribution < 1.29 is 0 Å². The van der Waals surface area contributed by atoms with Gasteiger partial charge in [-0.25, -0.2) is 0 Å². The van der Waals surface area contributed by atoms with Gasteiger partial charge in [0.2, 0.25) is 0 Å². The number of hydrogen-bond donors (Lipinski definition) is 2. The first kappa shape index (κ1) is 8.29. The van der Waals surface area contributed by atoms with Crippen LogP contribution in [0.15, 0.2) is 16.6 Å². The number of H-pyrrole nitrogens is 2. The van der Waals surface area contributed by atoms with Gasteiger partial charge >= 0.3 is 0 Å². The second-order valence-electron chi connectivity index (χ2n) is 2.39. The molecular weight excluding hydrogens is 260 g/mol. The van der Waals surface area contributed by atoms with Gasteiger partial charge in [-0.2, -0.15) is 0 Å². The Labute approximate surface area is 87.1 Å². The van der Waals surface area contributed by atoms with Gasteiger partial charge in [0, 0.05) is 4.47 Å². The van der Waals surface area contributed by atoms with Gasteiger partial charge in [0.15, 0.2) is 4.77 Å². The van der Waals surface area contributed by atoms with Crippen LogP contribution < -0.4 is 0 Å². The molecule has 2 nitrogen and oxygen atoms in total. The summed E-state index contributed by atoms with van der Waals surface area (Å²) in [5.41, 5.74) is 1.88. The molecule has 1 heterocycles. The Bertz CT molecular complexity index is 446. The summed E-state index contributed by atoms with van der Waals surface area (Å²) in [6.45, 7) is 0. The summed E-state index contributed by atoms with van der Waals surface area (Å²) in [7, 11) is 0. The maximum absolute atomic E-state index is 5.88. The number of fused-ring (bicyclic) bond motifs is 1. The standard InChI is InChI=1S/C7H4BrClN2S/c8-3-1-5-6(2-4(3)9)11-7(12)10-5/h1-2H,(H2,10,11,12). The minimum atomic E-state index is 0.610. The van der Waals surface area contributed by atoms with Crippen molar-refractivity contribution in [2.75, 3.05) is 0 Å². The average molecular weight is 264 g/mol. The second-order valence-corrected chi connectivity index (χ2v) is 4.06. The third-order valence-corrected chi connectivity index (χ3v) is 2.96. The Morgan fingerprint density at radius 2 is 1.83 bits per heavy atom. The van der Waals surface area contributed by atoms with Crippen molar-refractivity contribution in [1.29, 1.82) is 0 Å². The lowest BCUT2D eigenvalue weighted by molar-refractivity contribution is 1.30. The van der Waals surface area contributed by atoms with E-state index in [1.807, 2.05) is 12.1 Å². The molecule has 0 aliphatic carbocycles. The zero-order chi connectivity index (χ0) is 8.72. The second kappa shape index (κ2) is 2.87. The first-order chi connectivity index (χ1) is 5.66. The largest absolute Gasteiger partial charge is 0.331 e. The van der Waals surface area contributed by atoms with E-state index in [9.17, 15) is 0 Å². The van der Waals surface area contributed by atoms with E-state index in [4.69, 9.17) is 23.8 Å². The molecule has 0 aliphatic heterocycles. The third kappa shape index (κ3) is 1.30. The van der Waals surface area contributed by atoms with Gasteiger partial charge in [0.25, 0.3) is 0 Å². The van der Waals surface area contributed by atoms with Crippen LogP contribution in [0.5, 0.6) is 0 Å². The fourth-order valence-corrected chi connectivity index (χ4v) is 1.76. The van der Waals surface area contributed by atoms with Crippen LogP contribution in [-0.4, -0.2) is 9.97 Å². The summed E-state index contributed by atoms with van der Waals surface area (Å²) in [5.74, 6) is 0. The minimum absolute atomic E-state index is 0.610. The van der Waals surface area contributed by atoms with E-state index in [-0.39, 0.29) is 0 Å². The van der Waals surface area contributed by atoms with E-state index in [2.05, 4.69) is 25.9 Å². The molecule has 62 valence electrons. The van der Waals surface area contributed by atoms with Crippen LogP contribution in [-0.2, 0) is 0 Å². The molecule has 1 aromatic carbocycles. The number of halogens is 2. The average Bonchev–Trinajstić information content (AvgIpc) is 2.30. The molecule has 5 heteroatoms. The number of rotatable bonds is 0. The predicted octanol–water partition coefficient (Wildman–Crippen LogP) is 3.64. The van der Waals surface area contributed by atoms with Gasteiger partial charge in [-0.1, -0.05) is 11.6 Å². The van der Waals surface area contributed by atoms with Gasteiger partial charge in [-0.05, 0) is 40.3 Å². The van der Waals surface area contributed by atoms with Crippen molar-refractivity contribution >= 4 is 50.8 Å². The van der Waals surface area contributed by atoms with Crippen molar-refractivity contribution in [3.05, 3.63) is 26.4 Å². The molecular formula is C7H4BrClN2S. The number of nitrogens with one attached hydrogen (secondary N) is 2. The summed E-state index contributed by atoms with van der Waals surface area (Å²) >= 11 is 14.1. The molecule has 0 fully saturated rings. The normalized spacial score (nSPS) is 10.8. The van der Waals surface area contributed by atoms with Crippen molar-refractivity contribution in [2.24, 2.45) is 0 Å². The molecule has 0 radical (unpaired) electrons. The van der Waals surface area contributed by atoms with Crippen LogP contribution >= 0.6 is 39.7 Å². The molecule has 0 aliphatic rings. The highest BCUT2D eigenvalue weighted by molar-refractivity contribution is 9.10. The molecule has 12 heavy (non-hydrogen) atoms. The third-order valence-electron chi connectivity index (χ3n) is 1.56. The molecule has 0 amide bonds. The number of imidazole rings is 1. The lowest BCUT2D eigenvalue weighted by Gasteiger charge is -1.94. The Hall–Kier alpha value is -0.320. The van der Waals surface area contributed by atoms with Crippen LogP contribution in [0.4, 0.5) is 0 Å². The van der Waals surface area contributed by atoms with Crippen molar-refractivity contribution in [1.82, 2.24) is 9.97 Å². The van der Waals surface area contributed by atoms with E-state index in [0.29, 0.717) is 9.79 Å². The van der Waals surface area contributed by atoms with Crippen LogP contribution in [0.3, 0.4) is 0 Å². The fraction of sp³-hybridized carbons (Fsp3) is 0. The smallest absolute Gasteiger partial charge is 0.175 e. The molecule has 2 N–H and O–H groups in total. The number of aromatic amines is 2. The Balaban J connectivity index is 2.92. The van der Waals surface area contributed by atoms with E-state index in [1.54, 1.807) is 0 Å². The fourth-order valence-electron chi connectivity index (χ4n) is 1.03. The molecule has 1 aromatic heterocycles. The highest BCUT2D eigenvalue weighted by Gasteiger charge is 2.01. The number of aromatic nitrogens is 2. The van der Waals surface area contributed by atoms with Crippen molar-refractivity contribution in [2.45, 2.75) is 0 Å². The lowest BCUT2D eigenvalue weighted by atomic mass is 10.3. The highest BCUT2D eigenvalue weighted by atomic mass is 79.9. The molecule has 2 aromatic rings. The van der Waals surface area contributed by atoms with Crippen LogP contribution in [0.25, 0.3) is 11.0 Å². The van der Waals surface area contributed by atoms with Gasteiger partial charge < -0.3 is 9.97 Å². The van der Waals surface area contributed by atoms with E-state index < -0.39 is 0 Å².